The van der Waals surface area contributed by atoms with E-state index < -0.39 is 4.92 Å². The van der Waals surface area contributed by atoms with Gasteiger partial charge in [-0.1, -0.05) is 0 Å². The van der Waals surface area contributed by atoms with Crippen LogP contribution in [0.25, 0.3) is 0 Å². The molecule has 0 spiro atoms. The number of anilines is 1. The van der Waals surface area contributed by atoms with E-state index >= 15 is 0 Å². The molecular weight excluding hydrogens is 220 g/mol. The molecule has 7 heteroatoms. The lowest BCUT2D eigenvalue weighted by atomic mass is 10.1. The van der Waals surface area contributed by atoms with Crippen LogP contribution in [0.2, 0.25) is 0 Å². The van der Waals surface area contributed by atoms with E-state index in [0.717, 1.165) is 0 Å². The molecule has 0 radical (unpaired) electrons. The van der Waals surface area contributed by atoms with Gasteiger partial charge in [0.1, 0.15) is 11.5 Å². The Morgan fingerprint density at radius 3 is 2.60 bits per heavy atom. The maximum absolute atomic E-state index is 10.5. The summed E-state index contributed by atoms with van der Waals surface area (Å²) in [6, 6.07) is 4.33. The number of hydrogen-bond donors (Lipinski definition) is 2. The van der Waals surface area contributed by atoms with Crippen LogP contribution in [0.15, 0.2) is 23.2 Å². The molecule has 0 atom stereocenters. The monoisotopic (exact) mass is 230 g/mol. The lowest BCUT2D eigenvalue weighted by Crippen LogP contribution is -2.13. The van der Waals surface area contributed by atoms with Crippen LogP contribution < -0.4 is 11.5 Å². The molecule has 0 fully saturated rings. The summed E-state index contributed by atoms with van der Waals surface area (Å²) in [5.74, 6) is 0.244. The van der Waals surface area contributed by atoms with E-state index in [1.54, 1.807) is 6.07 Å². The van der Waals surface area contributed by atoms with E-state index in [1.807, 2.05) is 0 Å². The van der Waals surface area contributed by atoms with Crippen LogP contribution in [0.1, 0.15) is 5.56 Å². The molecule has 0 aliphatic rings. The number of rotatable bonds is 2. The number of nitro benzene ring substituents is 1. The Bertz CT molecular complexity index is 406. The van der Waals surface area contributed by atoms with Gasteiger partial charge in [0.15, 0.2) is 0 Å². The first-order chi connectivity index (χ1) is 6.56. The number of hydrogen-bond acceptors (Lipinski definition) is 4. The van der Waals surface area contributed by atoms with E-state index in [-0.39, 0.29) is 29.6 Å². The molecule has 1 aromatic rings. The van der Waals surface area contributed by atoms with Crippen molar-refractivity contribution < 1.29 is 4.92 Å². The van der Waals surface area contributed by atoms with Crippen molar-refractivity contribution in [3.05, 3.63) is 33.9 Å². The quantitative estimate of drug-likeness (QED) is 0.259. The number of nitrogens with zero attached hydrogens (tertiary/aromatic N) is 2. The first kappa shape index (κ1) is 13.2. The van der Waals surface area contributed by atoms with Crippen LogP contribution in [0, 0.1) is 10.1 Å². The van der Waals surface area contributed by atoms with Crippen molar-refractivity contribution in [1.29, 1.82) is 0 Å². The van der Waals surface area contributed by atoms with Crippen molar-refractivity contribution >= 4 is 29.6 Å². The summed E-state index contributed by atoms with van der Waals surface area (Å²) in [6.07, 6.45) is 0. The van der Waals surface area contributed by atoms with Crippen molar-refractivity contribution in [2.24, 2.45) is 10.7 Å². The molecule has 0 saturated heterocycles. The van der Waals surface area contributed by atoms with Gasteiger partial charge >= 0.3 is 0 Å². The Labute approximate surface area is 92.5 Å². The number of nitro groups is 1. The zero-order valence-electron chi connectivity index (χ0n) is 8.01. The van der Waals surface area contributed by atoms with E-state index in [4.69, 9.17) is 11.5 Å². The van der Waals surface area contributed by atoms with Crippen molar-refractivity contribution in [2.75, 3.05) is 12.8 Å². The summed E-state index contributed by atoms with van der Waals surface area (Å²) >= 11 is 0. The molecule has 0 amide bonds. The minimum atomic E-state index is -0.554. The summed E-state index contributed by atoms with van der Waals surface area (Å²) in [7, 11) is 1.51. The number of benzene rings is 1. The van der Waals surface area contributed by atoms with Gasteiger partial charge in [0.25, 0.3) is 5.69 Å². The molecule has 0 saturated carbocycles. The van der Waals surface area contributed by atoms with Crippen molar-refractivity contribution in [3.63, 3.8) is 0 Å². The third-order valence-electron chi connectivity index (χ3n) is 1.76. The highest BCUT2D eigenvalue weighted by Crippen LogP contribution is 2.21. The number of halogens is 1. The second kappa shape index (κ2) is 5.16. The predicted molar refractivity (Wildman–Crippen MR) is 61.4 cm³/mol. The van der Waals surface area contributed by atoms with Gasteiger partial charge in [0.2, 0.25) is 0 Å². The smallest absolute Gasteiger partial charge is 0.292 e. The Morgan fingerprint density at radius 1 is 1.53 bits per heavy atom. The number of aliphatic imine (C=N–C) groups is 1. The predicted octanol–water partition coefficient (Wildman–Crippen LogP) is 0.934. The van der Waals surface area contributed by atoms with Crippen LogP contribution in [0.4, 0.5) is 11.4 Å². The van der Waals surface area contributed by atoms with Gasteiger partial charge in [0, 0.05) is 18.7 Å². The third kappa shape index (κ3) is 2.81. The zero-order chi connectivity index (χ0) is 10.7. The fourth-order valence-electron chi connectivity index (χ4n) is 0.990. The highest BCUT2D eigenvalue weighted by atomic mass is 35.5. The molecular formula is C8H11ClN4O2. The molecule has 6 nitrogen and oxygen atoms in total. The van der Waals surface area contributed by atoms with Gasteiger partial charge in [-0.3, -0.25) is 15.1 Å². The fourth-order valence-corrected chi connectivity index (χ4v) is 0.990. The molecule has 0 bridgehead atoms. The van der Waals surface area contributed by atoms with Gasteiger partial charge in [-0.2, -0.15) is 0 Å². The lowest BCUT2D eigenvalue weighted by Gasteiger charge is -2.01. The van der Waals surface area contributed by atoms with E-state index in [0.29, 0.717) is 5.56 Å². The Morgan fingerprint density at radius 2 is 2.13 bits per heavy atom. The van der Waals surface area contributed by atoms with Gasteiger partial charge in [-0.25, -0.2) is 0 Å². The Balaban J connectivity index is 0.00000196. The van der Waals surface area contributed by atoms with Gasteiger partial charge < -0.3 is 11.5 Å². The minimum absolute atomic E-state index is 0. The van der Waals surface area contributed by atoms with Crippen LogP contribution in [-0.4, -0.2) is 17.8 Å². The minimum Gasteiger partial charge on any atom is -0.393 e. The maximum atomic E-state index is 10.5. The summed E-state index contributed by atoms with van der Waals surface area (Å²) in [5.41, 5.74) is 11.4. The molecule has 0 aliphatic heterocycles. The molecule has 1 rings (SSSR count). The van der Waals surface area contributed by atoms with Gasteiger partial charge in [-0.05, 0) is 12.1 Å². The lowest BCUT2D eigenvalue weighted by molar-refractivity contribution is -0.383. The molecule has 0 unspecified atom stereocenters. The van der Waals surface area contributed by atoms with Crippen molar-refractivity contribution in [2.45, 2.75) is 0 Å². The molecule has 4 N–H and O–H groups in total. The Hall–Kier alpha value is -1.82. The van der Waals surface area contributed by atoms with Crippen LogP contribution in [0.5, 0.6) is 0 Å². The summed E-state index contributed by atoms with van der Waals surface area (Å²) in [4.78, 5) is 13.7. The van der Waals surface area contributed by atoms with Crippen molar-refractivity contribution in [3.8, 4) is 0 Å². The maximum Gasteiger partial charge on any atom is 0.292 e. The number of nitrogen functional groups attached to an aromatic ring is 1. The second-order valence-corrected chi connectivity index (χ2v) is 2.64. The highest BCUT2D eigenvalue weighted by molar-refractivity contribution is 5.98. The molecule has 82 valence electrons. The first-order valence-electron chi connectivity index (χ1n) is 3.82. The summed E-state index contributed by atoms with van der Waals surface area (Å²) in [6.45, 7) is 0. The molecule has 15 heavy (non-hydrogen) atoms. The molecule has 1 aromatic carbocycles. The molecule has 0 heterocycles. The van der Waals surface area contributed by atoms with Crippen LogP contribution in [0.3, 0.4) is 0 Å². The topological polar surface area (TPSA) is 108 Å². The molecule has 0 aromatic heterocycles. The third-order valence-corrected chi connectivity index (χ3v) is 1.76. The standard InChI is InChI=1S/C8H10N4O2.ClH/c1-11-8(10)5-2-3-6(9)7(4-5)12(13)14;/h2-4H,9H2,1H3,(H2,10,11);1H. The normalized spacial score (nSPS) is 10.6. The number of amidine groups is 1. The summed E-state index contributed by atoms with van der Waals surface area (Å²) < 4.78 is 0. The highest BCUT2D eigenvalue weighted by Gasteiger charge is 2.12. The average molecular weight is 231 g/mol. The largest absolute Gasteiger partial charge is 0.393 e. The van der Waals surface area contributed by atoms with E-state index in [1.165, 1.54) is 19.2 Å². The SMILES string of the molecule is CN=C(N)c1ccc(N)c([N+](=O)[O-])c1.Cl. The Kier molecular flexibility index (Phi) is 4.53. The van der Waals surface area contributed by atoms with E-state index in [9.17, 15) is 10.1 Å². The summed E-state index contributed by atoms with van der Waals surface area (Å²) in [5, 5.41) is 10.5. The fraction of sp³-hybridized carbons (Fsp3) is 0.125. The van der Waals surface area contributed by atoms with E-state index in [2.05, 4.69) is 4.99 Å². The zero-order valence-corrected chi connectivity index (χ0v) is 8.82. The van der Waals surface area contributed by atoms with Gasteiger partial charge in [0.05, 0.1) is 4.92 Å². The van der Waals surface area contributed by atoms with Crippen molar-refractivity contribution in [1.82, 2.24) is 0 Å². The average Bonchev–Trinajstić information content (AvgIpc) is 2.17. The van der Waals surface area contributed by atoms with Gasteiger partial charge in [-0.15, -0.1) is 12.4 Å². The first-order valence-corrected chi connectivity index (χ1v) is 3.82. The van der Waals surface area contributed by atoms with Crippen LogP contribution >= 0.6 is 12.4 Å². The molecule has 0 aliphatic carbocycles. The number of nitrogens with two attached hydrogens (primary N) is 2. The van der Waals surface area contributed by atoms with Crippen LogP contribution in [-0.2, 0) is 0 Å². The second-order valence-electron chi connectivity index (χ2n) is 2.64.